The van der Waals surface area contributed by atoms with Crippen molar-refractivity contribution in [3.63, 3.8) is 0 Å². The number of ether oxygens (including phenoxy) is 1. The van der Waals surface area contributed by atoms with Crippen LogP contribution in [0.4, 0.5) is 10.5 Å². The molecule has 0 unspecified atom stereocenters. The summed E-state index contributed by atoms with van der Waals surface area (Å²) in [6, 6.07) is 6.89. The summed E-state index contributed by atoms with van der Waals surface area (Å²) in [6.45, 7) is 1.86. The summed E-state index contributed by atoms with van der Waals surface area (Å²) in [7, 11) is 0. The fourth-order valence-corrected chi connectivity index (χ4v) is 1.04. The van der Waals surface area contributed by atoms with Crippen molar-refractivity contribution in [3.05, 3.63) is 29.3 Å². The summed E-state index contributed by atoms with van der Waals surface area (Å²) in [4.78, 5) is 11.1. The van der Waals surface area contributed by atoms with Crippen molar-refractivity contribution in [3.8, 4) is 12.0 Å². The lowest BCUT2D eigenvalue weighted by molar-refractivity contribution is 0.207. The minimum atomic E-state index is -0.635. The third kappa shape index (κ3) is 3.92. The Balaban J connectivity index is 2.55. The highest BCUT2D eigenvalue weighted by molar-refractivity contribution is 6.33. The predicted molar refractivity (Wildman–Crippen MR) is 59.6 cm³/mol. The first-order valence-electron chi connectivity index (χ1n) is 4.44. The van der Waals surface area contributed by atoms with Crippen molar-refractivity contribution in [1.29, 1.82) is 0 Å². The van der Waals surface area contributed by atoms with Crippen molar-refractivity contribution < 1.29 is 9.53 Å². The topological polar surface area (TPSA) is 38.3 Å². The highest BCUT2D eigenvalue weighted by Gasteiger charge is 2.04. The SMILES string of the molecule is CCC#COC(=O)Nc1ccccc1Cl. The summed E-state index contributed by atoms with van der Waals surface area (Å²) in [6.07, 6.45) is 2.27. The van der Waals surface area contributed by atoms with Crippen LogP contribution in [0.25, 0.3) is 0 Å². The number of rotatable bonds is 1. The number of amides is 1. The van der Waals surface area contributed by atoms with Gasteiger partial charge in [-0.05, 0) is 12.1 Å². The van der Waals surface area contributed by atoms with Gasteiger partial charge < -0.3 is 4.74 Å². The smallest absolute Gasteiger partial charge is 0.356 e. The highest BCUT2D eigenvalue weighted by Crippen LogP contribution is 2.20. The van der Waals surface area contributed by atoms with Crippen LogP contribution < -0.4 is 5.32 Å². The largest absolute Gasteiger partial charge is 0.425 e. The molecule has 1 rings (SSSR count). The van der Waals surface area contributed by atoms with Crippen LogP contribution in [0.2, 0.25) is 5.02 Å². The number of carbonyl (C=O) groups excluding carboxylic acids is 1. The summed E-state index contributed by atoms with van der Waals surface area (Å²) in [5.41, 5.74) is 0.502. The Kier molecular flexibility index (Phi) is 4.52. The fourth-order valence-electron chi connectivity index (χ4n) is 0.853. The maximum atomic E-state index is 11.1. The van der Waals surface area contributed by atoms with Gasteiger partial charge in [0.1, 0.15) is 6.11 Å². The summed E-state index contributed by atoms with van der Waals surface area (Å²) >= 11 is 5.82. The molecule has 4 heteroatoms. The van der Waals surface area contributed by atoms with Gasteiger partial charge in [0.15, 0.2) is 0 Å². The lowest BCUT2D eigenvalue weighted by atomic mass is 10.3. The average molecular weight is 224 g/mol. The molecule has 0 fully saturated rings. The van der Waals surface area contributed by atoms with Crippen LogP contribution in [0.15, 0.2) is 24.3 Å². The zero-order valence-corrected chi connectivity index (χ0v) is 8.97. The van der Waals surface area contributed by atoms with Crippen LogP contribution in [0, 0.1) is 12.0 Å². The van der Waals surface area contributed by atoms with Crippen molar-refractivity contribution in [2.45, 2.75) is 13.3 Å². The third-order valence-corrected chi connectivity index (χ3v) is 1.83. The number of carbonyl (C=O) groups is 1. The Morgan fingerprint density at radius 2 is 2.27 bits per heavy atom. The second-order valence-electron chi connectivity index (χ2n) is 2.63. The molecule has 0 aliphatic rings. The van der Waals surface area contributed by atoms with E-state index in [1.807, 2.05) is 6.92 Å². The molecule has 0 aliphatic heterocycles. The van der Waals surface area contributed by atoms with Crippen molar-refractivity contribution in [2.24, 2.45) is 0 Å². The number of anilines is 1. The maximum Gasteiger partial charge on any atom is 0.425 e. The first-order valence-corrected chi connectivity index (χ1v) is 4.82. The number of nitrogens with one attached hydrogen (secondary N) is 1. The minimum absolute atomic E-state index is 0.456. The van der Waals surface area contributed by atoms with E-state index in [2.05, 4.69) is 22.1 Å². The Labute approximate surface area is 93.4 Å². The molecule has 1 N–H and O–H groups in total. The summed E-state index contributed by atoms with van der Waals surface area (Å²) < 4.78 is 4.57. The monoisotopic (exact) mass is 223 g/mol. The van der Waals surface area contributed by atoms with Gasteiger partial charge in [0.2, 0.25) is 0 Å². The standard InChI is InChI=1S/C11H10ClNO2/c1-2-3-8-15-11(14)13-10-7-5-4-6-9(10)12/h4-7H,2H2,1H3,(H,13,14). The third-order valence-electron chi connectivity index (χ3n) is 1.50. The van der Waals surface area contributed by atoms with Crippen LogP contribution in [-0.4, -0.2) is 6.09 Å². The number of halogens is 1. The molecule has 0 saturated carbocycles. The van der Waals surface area contributed by atoms with Gasteiger partial charge in [0.05, 0.1) is 10.7 Å². The van der Waals surface area contributed by atoms with Gasteiger partial charge in [-0.15, -0.1) is 0 Å². The fraction of sp³-hybridized carbons (Fsp3) is 0.182. The molecule has 1 amide bonds. The molecule has 0 spiro atoms. The zero-order valence-electron chi connectivity index (χ0n) is 8.21. The molecule has 1 aromatic rings. The van der Waals surface area contributed by atoms with Crippen molar-refractivity contribution in [2.75, 3.05) is 5.32 Å². The Morgan fingerprint density at radius 3 is 2.93 bits per heavy atom. The number of benzene rings is 1. The molecule has 1 aromatic carbocycles. The van der Waals surface area contributed by atoms with E-state index in [0.717, 1.165) is 0 Å². The number of para-hydroxylation sites is 1. The van der Waals surface area contributed by atoms with Crippen LogP contribution in [0.3, 0.4) is 0 Å². The minimum Gasteiger partial charge on any atom is -0.356 e. The van der Waals surface area contributed by atoms with Crippen LogP contribution >= 0.6 is 11.6 Å². The lowest BCUT2D eigenvalue weighted by Gasteiger charge is -2.03. The molecule has 0 radical (unpaired) electrons. The second-order valence-corrected chi connectivity index (χ2v) is 3.03. The van der Waals surface area contributed by atoms with E-state index in [-0.39, 0.29) is 0 Å². The van der Waals surface area contributed by atoms with Crippen LogP contribution in [-0.2, 0) is 4.74 Å². The number of hydrogen-bond donors (Lipinski definition) is 1. The Bertz CT molecular complexity index is 407. The van der Waals surface area contributed by atoms with Crippen LogP contribution in [0.5, 0.6) is 0 Å². The highest BCUT2D eigenvalue weighted by atomic mass is 35.5. The quantitative estimate of drug-likeness (QED) is 0.743. The van der Waals surface area contributed by atoms with Gasteiger partial charge in [-0.1, -0.05) is 36.6 Å². The summed E-state index contributed by atoms with van der Waals surface area (Å²) in [5, 5.41) is 2.93. The zero-order chi connectivity index (χ0) is 11.1. The van der Waals surface area contributed by atoms with E-state index < -0.39 is 6.09 Å². The molecular formula is C11H10ClNO2. The Morgan fingerprint density at radius 1 is 1.53 bits per heavy atom. The maximum absolute atomic E-state index is 11.1. The van der Waals surface area contributed by atoms with E-state index in [0.29, 0.717) is 17.1 Å². The van der Waals surface area contributed by atoms with E-state index in [1.165, 1.54) is 0 Å². The van der Waals surface area contributed by atoms with Crippen LogP contribution in [0.1, 0.15) is 13.3 Å². The second kappa shape index (κ2) is 5.94. The molecule has 0 aliphatic carbocycles. The lowest BCUT2D eigenvalue weighted by Crippen LogP contribution is -2.10. The van der Waals surface area contributed by atoms with E-state index in [1.54, 1.807) is 24.3 Å². The molecule has 15 heavy (non-hydrogen) atoms. The van der Waals surface area contributed by atoms with Gasteiger partial charge >= 0.3 is 6.09 Å². The van der Waals surface area contributed by atoms with Crippen molar-refractivity contribution in [1.82, 2.24) is 0 Å². The average Bonchev–Trinajstić information content (AvgIpc) is 2.22. The molecular weight excluding hydrogens is 214 g/mol. The first kappa shape index (κ1) is 11.4. The van der Waals surface area contributed by atoms with Gasteiger partial charge in [0, 0.05) is 6.42 Å². The van der Waals surface area contributed by atoms with Gasteiger partial charge in [0.25, 0.3) is 0 Å². The van der Waals surface area contributed by atoms with Gasteiger partial charge in [-0.25, -0.2) is 4.79 Å². The Hall–Kier alpha value is -1.66. The first-order chi connectivity index (χ1) is 7.24. The molecule has 78 valence electrons. The van der Waals surface area contributed by atoms with E-state index >= 15 is 0 Å². The molecule has 0 saturated heterocycles. The van der Waals surface area contributed by atoms with E-state index in [4.69, 9.17) is 11.6 Å². The molecule has 3 nitrogen and oxygen atoms in total. The number of hydrogen-bond acceptors (Lipinski definition) is 2. The molecule has 0 bridgehead atoms. The summed E-state index contributed by atoms with van der Waals surface area (Å²) in [5.74, 6) is 2.61. The predicted octanol–water partition coefficient (Wildman–Crippen LogP) is 3.26. The van der Waals surface area contributed by atoms with Gasteiger partial charge in [-0.3, -0.25) is 5.32 Å². The van der Waals surface area contributed by atoms with Gasteiger partial charge in [-0.2, -0.15) is 0 Å². The molecule has 0 heterocycles. The normalized spacial score (nSPS) is 8.67. The molecule has 0 aromatic heterocycles. The van der Waals surface area contributed by atoms with E-state index in [9.17, 15) is 4.79 Å². The van der Waals surface area contributed by atoms with Crippen molar-refractivity contribution >= 4 is 23.4 Å². The molecule has 0 atom stereocenters.